The molecule has 5 nitrogen and oxygen atoms in total. The van der Waals surface area contributed by atoms with Crippen LogP contribution in [0.2, 0.25) is 0 Å². The van der Waals surface area contributed by atoms with E-state index in [2.05, 4.69) is 9.88 Å². The van der Waals surface area contributed by atoms with Gasteiger partial charge in [-0.25, -0.2) is 4.79 Å². The van der Waals surface area contributed by atoms with Crippen molar-refractivity contribution in [3.63, 3.8) is 0 Å². The van der Waals surface area contributed by atoms with Gasteiger partial charge in [-0.15, -0.1) is 0 Å². The minimum absolute atomic E-state index is 0.00853. The molecule has 2 aliphatic rings. The van der Waals surface area contributed by atoms with Gasteiger partial charge in [0.1, 0.15) is 0 Å². The van der Waals surface area contributed by atoms with E-state index in [1.807, 2.05) is 28.8 Å². The molecule has 0 spiro atoms. The molecule has 2 aromatic rings. The summed E-state index contributed by atoms with van der Waals surface area (Å²) in [6.45, 7) is 3.12. The predicted molar refractivity (Wildman–Crippen MR) is 106 cm³/mol. The lowest BCUT2D eigenvalue weighted by Crippen LogP contribution is -2.51. The molecule has 1 aliphatic carbocycles. The van der Waals surface area contributed by atoms with Crippen LogP contribution in [0.4, 0.5) is 0 Å². The summed E-state index contributed by atoms with van der Waals surface area (Å²) < 4.78 is 1.90. The Balaban J connectivity index is 1.43. The van der Waals surface area contributed by atoms with Gasteiger partial charge in [0.15, 0.2) is 0 Å². The zero-order valence-electron chi connectivity index (χ0n) is 15.7. The number of para-hydroxylation sites is 2. The standard InChI is InChI=1S/C21H32N4O/c22-17-15-24(14-16-8-4-2-1-3-5-9-16)13-12-19(17)25-20-11-7-6-10-18(20)23-21(25)26/h6-7,10-11,16-17,19H,1-5,8-9,12-15,22H2,(H,23,26). The number of nitrogens with two attached hydrogens (primary N) is 1. The maximum atomic E-state index is 12.5. The summed E-state index contributed by atoms with van der Waals surface area (Å²) in [5, 5.41) is 0. The Hall–Kier alpha value is -1.59. The third-order valence-electron chi connectivity index (χ3n) is 6.40. The monoisotopic (exact) mass is 356 g/mol. The largest absolute Gasteiger partial charge is 0.326 e. The molecule has 3 N–H and O–H groups in total. The molecular formula is C21H32N4O. The van der Waals surface area contributed by atoms with E-state index in [4.69, 9.17) is 5.73 Å². The highest BCUT2D eigenvalue weighted by atomic mass is 16.1. The smallest absolute Gasteiger partial charge is 0.325 e. The number of hydrogen-bond acceptors (Lipinski definition) is 3. The quantitative estimate of drug-likeness (QED) is 0.887. The molecule has 1 aromatic carbocycles. The topological polar surface area (TPSA) is 67.0 Å². The lowest BCUT2D eigenvalue weighted by molar-refractivity contribution is 0.135. The first-order valence-corrected chi connectivity index (χ1v) is 10.4. The van der Waals surface area contributed by atoms with Crippen LogP contribution in [0, 0.1) is 5.92 Å². The molecule has 4 rings (SSSR count). The molecule has 5 heteroatoms. The number of hydrogen-bond donors (Lipinski definition) is 2. The second kappa shape index (κ2) is 7.97. The molecule has 1 aromatic heterocycles. The number of imidazole rings is 1. The Kier molecular flexibility index (Phi) is 5.46. The minimum atomic E-state index is -0.0277. The highest BCUT2D eigenvalue weighted by molar-refractivity contribution is 5.75. The van der Waals surface area contributed by atoms with Crippen molar-refractivity contribution in [2.24, 2.45) is 11.7 Å². The van der Waals surface area contributed by atoms with Crippen LogP contribution in [0.15, 0.2) is 29.1 Å². The number of fused-ring (bicyclic) bond motifs is 1. The normalized spacial score (nSPS) is 26.7. The van der Waals surface area contributed by atoms with E-state index in [-0.39, 0.29) is 17.8 Å². The molecule has 2 heterocycles. The first-order chi connectivity index (χ1) is 12.7. The van der Waals surface area contributed by atoms with Crippen molar-refractivity contribution in [3.8, 4) is 0 Å². The van der Waals surface area contributed by atoms with Gasteiger partial charge in [-0.2, -0.15) is 0 Å². The summed E-state index contributed by atoms with van der Waals surface area (Å²) in [5.41, 5.74) is 8.42. The number of likely N-dealkylation sites (tertiary alicyclic amines) is 1. The Bertz CT molecular complexity index is 772. The van der Waals surface area contributed by atoms with Crippen LogP contribution in [0.1, 0.15) is 57.4 Å². The Morgan fingerprint density at radius 3 is 2.54 bits per heavy atom. The van der Waals surface area contributed by atoms with Gasteiger partial charge in [-0.1, -0.05) is 44.2 Å². The highest BCUT2D eigenvalue weighted by Crippen LogP contribution is 2.27. The lowest BCUT2D eigenvalue weighted by Gasteiger charge is -2.39. The van der Waals surface area contributed by atoms with Gasteiger partial charge >= 0.3 is 5.69 Å². The van der Waals surface area contributed by atoms with Gasteiger partial charge in [-0.3, -0.25) is 4.57 Å². The summed E-state index contributed by atoms with van der Waals surface area (Å²) in [4.78, 5) is 18.0. The van der Waals surface area contributed by atoms with Gasteiger partial charge in [0.05, 0.1) is 17.1 Å². The molecule has 142 valence electrons. The van der Waals surface area contributed by atoms with E-state index >= 15 is 0 Å². The maximum Gasteiger partial charge on any atom is 0.326 e. The molecule has 0 amide bonds. The molecule has 0 radical (unpaired) electrons. The molecule has 1 saturated heterocycles. The lowest BCUT2D eigenvalue weighted by atomic mass is 9.89. The predicted octanol–water partition coefficient (Wildman–Crippen LogP) is 3.26. The number of aromatic amines is 1. The number of benzene rings is 1. The number of aromatic nitrogens is 2. The van der Waals surface area contributed by atoms with Gasteiger partial charge < -0.3 is 15.6 Å². The van der Waals surface area contributed by atoms with Crippen LogP contribution < -0.4 is 11.4 Å². The fraction of sp³-hybridized carbons (Fsp3) is 0.667. The zero-order chi connectivity index (χ0) is 17.9. The van der Waals surface area contributed by atoms with Crippen LogP contribution in [0.5, 0.6) is 0 Å². The molecule has 26 heavy (non-hydrogen) atoms. The zero-order valence-corrected chi connectivity index (χ0v) is 15.7. The van der Waals surface area contributed by atoms with Gasteiger partial charge in [0.25, 0.3) is 0 Å². The molecule has 1 aliphatic heterocycles. The first kappa shape index (κ1) is 17.8. The second-order valence-corrected chi connectivity index (χ2v) is 8.31. The van der Waals surface area contributed by atoms with E-state index in [9.17, 15) is 4.79 Å². The van der Waals surface area contributed by atoms with Crippen molar-refractivity contribution in [2.75, 3.05) is 19.6 Å². The SMILES string of the molecule is NC1CN(CC2CCCCCCC2)CCC1n1c(=O)[nH]c2ccccc21. The van der Waals surface area contributed by atoms with Crippen molar-refractivity contribution in [1.29, 1.82) is 0 Å². The third-order valence-corrected chi connectivity index (χ3v) is 6.40. The van der Waals surface area contributed by atoms with Crippen molar-refractivity contribution in [1.82, 2.24) is 14.5 Å². The van der Waals surface area contributed by atoms with E-state index in [0.29, 0.717) is 0 Å². The third kappa shape index (κ3) is 3.74. The summed E-state index contributed by atoms with van der Waals surface area (Å²) in [7, 11) is 0. The highest BCUT2D eigenvalue weighted by Gasteiger charge is 2.31. The Morgan fingerprint density at radius 1 is 1.04 bits per heavy atom. The van der Waals surface area contributed by atoms with Crippen LogP contribution in [-0.2, 0) is 0 Å². The molecule has 0 bridgehead atoms. The van der Waals surface area contributed by atoms with Crippen molar-refractivity contribution in [3.05, 3.63) is 34.7 Å². The minimum Gasteiger partial charge on any atom is -0.325 e. The summed E-state index contributed by atoms with van der Waals surface area (Å²) in [6, 6.07) is 8.02. The van der Waals surface area contributed by atoms with E-state index in [1.165, 1.54) is 51.5 Å². The van der Waals surface area contributed by atoms with Gasteiger partial charge in [0.2, 0.25) is 0 Å². The number of H-pyrrole nitrogens is 1. The maximum absolute atomic E-state index is 12.5. The molecule has 1 saturated carbocycles. The number of nitrogens with zero attached hydrogens (tertiary/aromatic N) is 2. The fourth-order valence-corrected chi connectivity index (χ4v) is 5.02. The van der Waals surface area contributed by atoms with Crippen LogP contribution >= 0.6 is 0 Å². The second-order valence-electron chi connectivity index (χ2n) is 8.31. The molecule has 2 atom stereocenters. The van der Waals surface area contributed by atoms with Gasteiger partial charge in [-0.05, 0) is 37.3 Å². The number of rotatable bonds is 3. The summed E-state index contributed by atoms with van der Waals surface area (Å²) in [5.74, 6) is 0.829. The average Bonchev–Trinajstić information content (AvgIpc) is 2.93. The summed E-state index contributed by atoms with van der Waals surface area (Å²) in [6.07, 6.45) is 10.7. The van der Waals surface area contributed by atoms with Crippen molar-refractivity contribution in [2.45, 2.75) is 63.5 Å². The van der Waals surface area contributed by atoms with Crippen LogP contribution in [0.3, 0.4) is 0 Å². The van der Waals surface area contributed by atoms with Crippen molar-refractivity contribution >= 4 is 11.0 Å². The molecular weight excluding hydrogens is 324 g/mol. The van der Waals surface area contributed by atoms with E-state index in [1.54, 1.807) is 0 Å². The summed E-state index contributed by atoms with van der Waals surface area (Å²) >= 11 is 0. The Morgan fingerprint density at radius 2 is 1.77 bits per heavy atom. The van der Waals surface area contributed by atoms with Gasteiger partial charge in [0, 0.05) is 25.7 Å². The Labute approximate surface area is 155 Å². The fourth-order valence-electron chi connectivity index (χ4n) is 5.02. The number of piperidine rings is 1. The number of nitrogens with one attached hydrogen (secondary N) is 1. The van der Waals surface area contributed by atoms with E-state index < -0.39 is 0 Å². The molecule has 2 unspecified atom stereocenters. The molecule has 2 fully saturated rings. The van der Waals surface area contributed by atoms with Crippen LogP contribution in [0.25, 0.3) is 11.0 Å². The first-order valence-electron chi connectivity index (χ1n) is 10.4. The van der Waals surface area contributed by atoms with Crippen LogP contribution in [-0.4, -0.2) is 40.1 Å². The van der Waals surface area contributed by atoms with E-state index in [0.717, 1.165) is 36.5 Å². The average molecular weight is 357 g/mol. The van der Waals surface area contributed by atoms with Crippen molar-refractivity contribution < 1.29 is 0 Å².